The van der Waals surface area contributed by atoms with Crippen LogP contribution in [-0.2, 0) is 19.1 Å². The first-order valence-corrected chi connectivity index (χ1v) is 9.40. The molecule has 7 nitrogen and oxygen atoms in total. The van der Waals surface area contributed by atoms with Crippen LogP contribution in [0.2, 0.25) is 0 Å². The number of amides is 1. The Morgan fingerprint density at radius 3 is 2.65 bits per heavy atom. The molecule has 2 aliphatic rings. The molecule has 2 heterocycles. The van der Waals surface area contributed by atoms with E-state index in [-0.39, 0.29) is 16.9 Å². The van der Waals surface area contributed by atoms with Crippen LogP contribution in [0.3, 0.4) is 0 Å². The van der Waals surface area contributed by atoms with Crippen molar-refractivity contribution in [3.8, 4) is 0 Å². The SMILES string of the molecule is CC(=O)SC[C@@H](C)C(=O)N1[C@H](OC(=O)O)CSC12CCOCC2. The molecule has 0 aliphatic carbocycles. The Morgan fingerprint density at radius 1 is 1.43 bits per heavy atom. The molecule has 2 aliphatic heterocycles. The first-order valence-electron chi connectivity index (χ1n) is 7.43. The summed E-state index contributed by atoms with van der Waals surface area (Å²) in [5, 5.41) is 8.89. The molecule has 0 radical (unpaired) electrons. The van der Waals surface area contributed by atoms with Gasteiger partial charge >= 0.3 is 6.16 Å². The minimum atomic E-state index is -1.39. The molecule has 0 unspecified atom stereocenters. The summed E-state index contributed by atoms with van der Waals surface area (Å²) in [6.45, 7) is 4.29. The number of carbonyl (C=O) groups excluding carboxylic acids is 2. The summed E-state index contributed by atoms with van der Waals surface area (Å²) in [7, 11) is 0. The van der Waals surface area contributed by atoms with Gasteiger partial charge in [0.15, 0.2) is 11.3 Å². The molecule has 0 saturated carbocycles. The number of carboxylic acid groups (broad SMARTS) is 1. The van der Waals surface area contributed by atoms with Gasteiger partial charge < -0.3 is 14.6 Å². The Bertz CT molecular complexity index is 480. The minimum absolute atomic E-state index is 0.0421. The maximum absolute atomic E-state index is 12.9. The second kappa shape index (κ2) is 7.76. The third kappa shape index (κ3) is 4.33. The van der Waals surface area contributed by atoms with Crippen LogP contribution >= 0.6 is 23.5 Å². The number of rotatable bonds is 4. The topological polar surface area (TPSA) is 93.1 Å². The normalized spacial score (nSPS) is 24.4. The maximum atomic E-state index is 12.9. The molecule has 2 atom stereocenters. The molecule has 0 aromatic rings. The first-order chi connectivity index (χ1) is 10.9. The van der Waals surface area contributed by atoms with Crippen LogP contribution < -0.4 is 0 Å². The number of hydrogen-bond donors (Lipinski definition) is 1. The van der Waals surface area contributed by atoms with Crippen LogP contribution in [0, 0.1) is 5.92 Å². The lowest BCUT2D eigenvalue weighted by atomic mass is 10.0. The van der Waals surface area contributed by atoms with Crippen LogP contribution in [0.25, 0.3) is 0 Å². The van der Waals surface area contributed by atoms with Gasteiger partial charge in [-0.2, -0.15) is 0 Å². The van der Waals surface area contributed by atoms with Crippen LogP contribution in [-0.4, -0.2) is 63.0 Å². The summed E-state index contributed by atoms with van der Waals surface area (Å²) in [5.74, 6) is 0.242. The summed E-state index contributed by atoms with van der Waals surface area (Å²) in [4.78, 5) is 36.1. The van der Waals surface area contributed by atoms with E-state index in [9.17, 15) is 14.4 Å². The van der Waals surface area contributed by atoms with Crippen molar-refractivity contribution in [1.29, 1.82) is 0 Å². The summed E-state index contributed by atoms with van der Waals surface area (Å²) >= 11 is 2.66. The Labute approximate surface area is 143 Å². The monoisotopic (exact) mass is 363 g/mol. The van der Waals surface area contributed by atoms with Gasteiger partial charge in [0.2, 0.25) is 5.91 Å². The van der Waals surface area contributed by atoms with Crippen LogP contribution in [0.1, 0.15) is 26.7 Å². The first kappa shape index (κ1) is 18.4. The third-order valence-corrected chi connectivity index (χ3v) is 6.60. The molecule has 0 aromatic heterocycles. The molecule has 0 aromatic carbocycles. The largest absolute Gasteiger partial charge is 0.507 e. The smallest absolute Gasteiger partial charge is 0.450 e. The summed E-state index contributed by atoms with van der Waals surface area (Å²) in [6, 6.07) is 0. The van der Waals surface area contributed by atoms with Gasteiger partial charge in [-0.1, -0.05) is 18.7 Å². The Hall–Kier alpha value is -0.930. The highest BCUT2D eigenvalue weighted by atomic mass is 32.2. The van der Waals surface area contributed by atoms with E-state index in [0.717, 1.165) is 11.8 Å². The van der Waals surface area contributed by atoms with E-state index in [4.69, 9.17) is 14.6 Å². The van der Waals surface area contributed by atoms with Gasteiger partial charge in [-0.15, -0.1) is 11.8 Å². The van der Waals surface area contributed by atoms with E-state index >= 15 is 0 Å². The Balaban J connectivity index is 2.16. The fourth-order valence-electron chi connectivity index (χ4n) is 2.81. The van der Waals surface area contributed by atoms with Crippen molar-refractivity contribution in [1.82, 2.24) is 4.90 Å². The molecule has 1 N–H and O–H groups in total. The predicted octanol–water partition coefficient (Wildman–Crippen LogP) is 2.00. The van der Waals surface area contributed by atoms with E-state index in [1.54, 1.807) is 23.6 Å². The minimum Gasteiger partial charge on any atom is -0.450 e. The highest BCUT2D eigenvalue weighted by Crippen LogP contribution is 2.47. The molecule has 2 rings (SSSR count). The molecule has 130 valence electrons. The van der Waals surface area contributed by atoms with Gasteiger partial charge in [0, 0.05) is 44.6 Å². The van der Waals surface area contributed by atoms with Gasteiger partial charge in [-0.05, 0) is 0 Å². The molecule has 1 amide bonds. The van der Waals surface area contributed by atoms with Crippen LogP contribution in [0.5, 0.6) is 0 Å². The van der Waals surface area contributed by atoms with Crippen molar-refractivity contribution in [3.63, 3.8) is 0 Å². The number of hydrogen-bond acceptors (Lipinski definition) is 7. The average molecular weight is 363 g/mol. The molecular weight excluding hydrogens is 342 g/mol. The van der Waals surface area contributed by atoms with Crippen molar-refractivity contribution in [2.24, 2.45) is 5.92 Å². The van der Waals surface area contributed by atoms with Gasteiger partial charge in [0.25, 0.3) is 0 Å². The second-order valence-corrected chi connectivity index (χ2v) is 8.20. The highest BCUT2D eigenvalue weighted by Gasteiger charge is 2.52. The predicted molar refractivity (Wildman–Crippen MR) is 87.3 cm³/mol. The third-order valence-electron chi connectivity index (χ3n) is 3.93. The standard InChI is InChI=1S/C14H21NO6S2/c1-9(7-22-10(2)16)12(17)15-11(21-13(18)19)8-23-14(15)3-5-20-6-4-14/h9,11H,3-8H2,1-2H3,(H,18,19)/t9-,11-/m1/s1. The molecule has 1 spiro atoms. The number of thioether (sulfide) groups is 2. The number of nitrogens with zero attached hydrogens (tertiary/aromatic N) is 1. The van der Waals surface area contributed by atoms with Gasteiger partial charge in [0.1, 0.15) is 0 Å². The lowest BCUT2D eigenvalue weighted by Gasteiger charge is -2.42. The lowest BCUT2D eigenvalue weighted by Crippen LogP contribution is -2.55. The van der Waals surface area contributed by atoms with Crippen LogP contribution in [0.15, 0.2) is 0 Å². The fourth-order valence-corrected chi connectivity index (χ4v) is 4.90. The Kier molecular flexibility index (Phi) is 6.21. The van der Waals surface area contributed by atoms with Gasteiger partial charge in [0.05, 0.1) is 10.6 Å². The molecule has 23 heavy (non-hydrogen) atoms. The van der Waals surface area contributed by atoms with Crippen molar-refractivity contribution >= 4 is 40.7 Å². The number of ether oxygens (including phenoxy) is 2. The molecule has 9 heteroatoms. The van der Waals surface area contributed by atoms with E-state index in [2.05, 4.69) is 0 Å². The zero-order chi connectivity index (χ0) is 17.0. The summed E-state index contributed by atoms with van der Waals surface area (Å²) in [5.41, 5.74) is 0. The van der Waals surface area contributed by atoms with Gasteiger partial charge in [-0.25, -0.2) is 4.79 Å². The Morgan fingerprint density at radius 2 is 2.09 bits per heavy atom. The van der Waals surface area contributed by atoms with E-state index in [1.807, 2.05) is 0 Å². The van der Waals surface area contributed by atoms with E-state index in [1.165, 1.54) is 6.92 Å². The summed E-state index contributed by atoms with van der Waals surface area (Å²) in [6.07, 6.45) is -0.874. The lowest BCUT2D eigenvalue weighted by molar-refractivity contribution is -0.152. The molecule has 2 fully saturated rings. The fraction of sp³-hybridized carbons (Fsp3) is 0.786. The zero-order valence-electron chi connectivity index (χ0n) is 13.1. The molecule has 0 bridgehead atoms. The average Bonchev–Trinajstić information content (AvgIpc) is 2.82. The van der Waals surface area contributed by atoms with Crippen molar-refractivity contribution in [3.05, 3.63) is 0 Å². The quantitative estimate of drug-likeness (QED) is 0.758. The zero-order valence-corrected chi connectivity index (χ0v) is 14.8. The van der Waals surface area contributed by atoms with Crippen molar-refractivity contribution < 1.29 is 29.0 Å². The van der Waals surface area contributed by atoms with Crippen molar-refractivity contribution in [2.45, 2.75) is 37.8 Å². The van der Waals surface area contributed by atoms with Gasteiger partial charge in [-0.3, -0.25) is 14.5 Å². The maximum Gasteiger partial charge on any atom is 0.507 e. The number of carbonyl (C=O) groups is 3. The van der Waals surface area contributed by atoms with E-state index < -0.39 is 17.3 Å². The molecular formula is C14H21NO6S2. The van der Waals surface area contributed by atoms with Crippen LogP contribution in [0.4, 0.5) is 4.79 Å². The summed E-state index contributed by atoms with van der Waals surface area (Å²) < 4.78 is 10.3. The van der Waals surface area contributed by atoms with Crippen molar-refractivity contribution in [2.75, 3.05) is 24.7 Å². The van der Waals surface area contributed by atoms with E-state index in [0.29, 0.717) is 37.6 Å². The highest BCUT2D eigenvalue weighted by molar-refractivity contribution is 8.13. The molecule has 2 saturated heterocycles. The second-order valence-electron chi connectivity index (χ2n) is 5.62.